The van der Waals surface area contributed by atoms with E-state index in [1.807, 2.05) is 6.07 Å². The van der Waals surface area contributed by atoms with Gasteiger partial charge >= 0.3 is 0 Å². The quantitative estimate of drug-likeness (QED) is 0.843. The molecule has 114 valence electrons. The van der Waals surface area contributed by atoms with Crippen LogP contribution in [0.5, 0.6) is 11.5 Å². The van der Waals surface area contributed by atoms with Gasteiger partial charge in [-0.2, -0.15) is 0 Å². The van der Waals surface area contributed by atoms with E-state index in [9.17, 15) is 0 Å². The van der Waals surface area contributed by atoms with Crippen LogP contribution >= 0.6 is 0 Å². The van der Waals surface area contributed by atoms with Crippen LogP contribution in [0.4, 0.5) is 0 Å². The van der Waals surface area contributed by atoms with Crippen molar-refractivity contribution in [1.82, 2.24) is 4.90 Å². The molecule has 0 amide bonds. The summed E-state index contributed by atoms with van der Waals surface area (Å²) in [5.74, 6) is 2.24. The van der Waals surface area contributed by atoms with Crippen molar-refractivity contribution < 1.29 is 18.9 Å². The molecule has 0 radical (unpaired) electrons. The topological polar surface area (TPSA) is 40.2 Å². The fourth-order valence-electron chi connectivity index (χ4n) is 3.69. The average Bonchev–Trinajstić information content (AvgIpc) is 3.05. The number of rotatable bonds is 4. The molecule has 0 aromatic heterocycles. The molecule has 1 aromatic carbocycles. The van der Waals surface area contributed by atoms with Gasteiger partial charge in [0.2, 0.25) is 6.79 Å². The van der Waals surface area contributed by atoms with Crippen LogP contribution in [0.3, 0.4) is 0 Å². The third-order valence-electron chi connectivity index (χ3n) is 4.79. The fraction of sp³-hybridized carbons (Fsp3) is 0.625. The Hall–Kier alpha value is -1.30. The highest BCUT2D eigenvalue weighted by atomic mass is 16.7. The molecule has 0 saturated carbocycles. The van der Waals surface area contributed by atoms with Crippen molar-refractivity contribution in [3.63, 3.8) is 0 Å². The molecule has 0 bridgehead atoms. The van der Waals surface area contributed by atoms with Gasteiger partial charge in [-0.25, -0.2) is 0 Å². The van der Waals surface area contributed by atoms with Crippen molar-refractivity contribution in [1.29, 1.82) is 0 Å². The van der Waals surface area contributed by atoms with Crippen molar-refractivity contribution in [3.05, 3.63) is 23.8 Å². The first kappa shape index (κ1) is 13.4. The Bertz CT molecular complexity index is 527. The van der Waals surface area contributed by atoms with Crippen LogP contribution in [-0.4, -0.2) is 50.7 Å². The number of fused-ring (bicyclic) bond motifs is 1. The molecule has 1 atom stereocenters. The molecule has 3 aliphatic rings. The van der Waals surface area contributed by atoms with Crippen LogP contribution in [0.15, 0.2) is 18.2 Å². The van der Waals surface area contributed by atoms with Gasteiger partial charge in [-0.3, -0.25) is 4.90 Å². The molecule has 1 aromatic rings. The maximum Gasteiger partial charge on any atom is 0.231 e. The molecule has 0 aliphatic carbocycles. The molecule has 3 aliphatic heterocycles. The number of likely N-dealkylation sites (tertiary alicyclic amines) is 1. The summed E-state index contributed by atoms with van der Waals surface area (Å²) in [5.41, 5.74) is 1.29. The zero-order valence-electron chi connectivity index (χ0n) is 12.3. The van der Waals surface area contributed by atoms with Gasteiger partial charge in [0.1, 0.15) is 0 Å². The van der Waals surface area contributed by atoms with Gasteiger partial charge in [-0.1, -0.05) is 6.07 Å². The summed E-state index contributed by atoms with van der Waals surface area (Å²) in [5, 5.41) is 0. The lowest BCUT2D eigenvalue weighted by atomic mass is 9.81. The maximum absolute atomic E-state index is 6.02. The van der Waals surface area contributed by atoms with Crippen LogP contribution < -0.4 is 9.47 Å². The van der Waals surface area contributed by atoms with Crippen molar-refractivity contribution >= 4 is 0 Å². The third-order valence-corrected chi connectivity index (χ3v) is 4.79. The molecule has 21 heavy (non-hydrogen) atoms. The lowest BCUT2D eigenvalue weighted by Gasteiger charge is -2.50. The summed E-state index contributed by atoms with van der Waals surface area (Å²) in [6.07, 6.45) is 1.12. The monoisotopic (exact) mass is 291 g/mol. The number of benzene rings is 1. The lowest BCUT2D eigenvalue weighted by Crippen LogP contribution is -2.64. The summed E-state index contributed by atoms with van der Waals surface area (Å²) in [6, 6.07) is 6.18. The Morgan fingerprint density at radius 1 is 1.29 bits per heavy atom. The summed E-state index contributed by atoms with van der Waals surface area (Å²) >= 11 is 0. The average molecular weight is 291 g/mol. The SMILES string of the molecule is COC[C@@H]1CCOC12CN(Cc1ccc3c(c1)OCO3)C2. The molecule has 5 heteroatoms. The van der Waals surface area contributed by atoms with Crippen molar-refractivity contribution in [3.8, 4) is 11.5 Å². The minimum Gasteiger partial charge on any atom is -0.454 e. The van der Waals surface area contributed by atoms with Crippen LogP contribution in [0, 0.1) is 5.92 Å². The van der Waals surface area contributed by atoms with E-state index in [2.05, 4.69) is 17.0 Å². The minimum atomic E-state index is 0.0341. The fourth-order valence-corrected chi connectivity index (χ4v) is 3.69. The van der Waals surface area contributed by atoms with Crippen molar-refractivity contribution in [2.75, 3.05) is 40.2 Å². The van der Waals surface area contributed by atoms with Crippen molar-refractivity contribution in [2.24, 2.45) is 5.92 Å². The van der Waals surface area contributed by atoms with E-state index in [0.717, 1.165) is 50.8 Å². The van der Waals surface area contributed by atoms with Crippen molar-refractivity contribution in [2.45, 2.75) is 18.6 Å². The Labute approximate surface area is 124 Å². The molecular weight excluding hydrogens is 270 g/mol. The maximum atomic E-state index is 6.02. The highest BCUT2D eigenvalue weighted by Crippen LogP contribution is 2.41. The van der Waals surface area contributed by atoms with Gasteiger partial charge in [0.05, 0.1) is 12.2 Å². The Morgan fingerprint density at radius 2 is 2.14 bits per heavy atom. The van der Waals surface area contributed by atoms with Gasteiger partial charge in [0.25, 0.3) is 0 Å². The smallest absolute Gasteiger partial charge is 0.231 e. The molecule has 5 nitrogen and oxygen atoms in total. The largest absolute Gasteiger partial charge is 0.454 e. The van der Waals surface area contributed by atoms with Gasteiger partial charge < -0.3 is 18.9 Å². The third kappa shape index (κ3) is 2.29. The molecule has 2 saturated heterocycles. The zero-order valence-corrected chi connectivity index (χ0v) is 12.3. The summed E-state index contributed by atoms with van der Waals surface area (Å²) in [7, 11) is 1.77. The highest BCUT2D eigenvalue weighted by molar-refractivity contribution is 5.44. The molecule has 2 fully saturated rings. The van der Waals surface area contributed by atoms with Gasteiger partial charge in [-0.15, -0.1) is 0 Å². The van der Waals surface area contributed by atoms with E-state index >= 15 is 0 Å². The van der Waals surface area contributed by atoms with E-state index < -0.39 is 0 Å². The Morgan fingerprint density at radius 3 is 3.00 bits per heavy atom. The van der Waals surface area contributed by atoms with Crippen LogP contribution in [0.2, 0.25) is 0 Å². The second-order valence-corrected chi connectivity index (χ2v) is 6.19. The molecule has 1 spiro atoms. The minimum absolute atomic E-state index is 0.0341. The van der Waals surface area contributed by atoms with Gasteiger partial charge in [0, 0.05) is 39.3 Å². The normalized spacial score (nSPS) is 26.2. The molecule has 3 heterocycles. The Balaban J connectivity index is 1.38. The number of nitrogens with zero attached hydrogens (tertiary/aromatic N) is 1. The first-order chi connectivity index (χ1) is 10.3. The first-order valence-corrected chi connectivity index (χ1v) is 7.53. The molecule has 0 unspecified atom stereocenters. The van der Waals surface area contributed by atoms with Crippen LogP contribution in [0.25, 0.3) is 0 Å². The zero-order chi connectivity index (χ0) is 14.3. The van der Waals surface area contributed by atoms with Gasteiger partial charge in [0.15, 0.2) is 11.5 Å². The van der Waals surface area contributed by atoms with E-state index in [4.69, 9.17) is 18.9 Å². The lowest BCUT2D eigenvalue weighted by molar-refractivity contribution is -0.143. The number of hydrogen-bond donors (Lipinski definition) is 0. The number of hydrogen-bond acceptors (Lipinski definition) is 5. The van der Waals surface area contributed by atoms with E-state index in [0.29, 0.717) is 12.7 Å². The summed E-state index contributed by atoms with van der Waals surface area (Å²) in [6.45, 7) is 4.92. The Kier molecular flexibility index (Phi) is 3.28. The van der Waals surface area contributed by atoms with Crippen LogP contribution in [-0.2, 0) is 16.0 Å². The summed E-state index contributed by atoms with van der Waals surface area (Å²) < 4.78 is 22.1. The van der Waals surface area contributed by atoms with Crippen LogP contribution in [0.1, 0.15) is 12.0 Å². The molecule has 0 N–H and O–H groups in total. The van der Waals surface area contributed by atoms with E-state index in [-0.39, 0.29) is 5.60 Å². The number of methoxy groups -OCH3 is 1. The molecule has 4 rings (SSSR count). The predicted octanol–water partition coefficient (Wildman–Crippen LogP) is 1.65. The first-order valence-electron chi connectivity index (χ1n) is 7.53. The number of ether oxygens (including phenoxy) is 4. The second-order valence-electron chi connectivity index (χ2n) is 6.19. The van der Waals surface area contributed by atoms with E-state index in [1.165, 1.54) is 5.56 Å². The summed E-state index contributed by atoms with van der Waals surface area (Å²) in [4.78, 5) is 2.42. The van der Waals surface area contributed by atoms with Gasteiger partial charge in [-0.05, 0) is 24.1 Å². The molecular formula is C16H21NO4. The van der Waals surface area contributed by atoms with E-state index in [1.54, 1.807) is 7.11 Å². The standard InChI is InChI=1S/C16H21NO4/c1-18-8-13-4-5-21-16(13)9-17(10-16)7-12-2-3-14-15(6-12)20-11-19-14/h2-3,6,13H,4-5,7-11H2,1H3/t13-/m0/s1. The second kappa shape index (κ2) is 5.16. The predicted molar refractivity (Wildman–Crippen MR) is 76.5 cm³/mol. The highest BCUT2D eigenvalue weighted by Gasteiger charge is 2.52.